The fourth-order valence-electron chi connectivity index (χ4n) is 1.45. The van der Waals surface area contributed by atoms with E-state index in [9.17, 15) is 8.78 Å². The van der Waals surface area contributed by atoms with Crippen LogP contribution in [0.15, 0.2) is 36.5 Å². The van der Waals surface area contributed by atoms with E-state index in [0.717, 1.165) is 5.56 Å². The van der Waals surface area contributed by atoms with Gasteiger partial charge in [-0.2, -0.15) is 8.78 Å². The Bertz CT molecular complexity index is 517. The zero-order valence-corrected chi connectivity index (χ0v) is 9.60. The van der Waals surface area contributed by atoms with Gasteiger partial charge >= 0.3 is 6.61 Å². The summed E-state index contributed by atoms with van der Waals surface area (Å²) in [6.07, 6.45) is 1.62. The first kappa shape index (κ1) is 12.2. The van der Waals surface area contributed by atoms with Crippen LogP contribution in [-0.4, -0.2) is 23.6 Å². The molecule has 0 aliphatic heterocycles. The van der Waals surface area contributed by atoms with Crippen LogP contribution in [0, 0.1) is 0 Å². The van der Waals surface area contributed by atoms with Crippen molar-refractivity contribution in [3.8, 4) is 17.0 Å². The largest absolute Gasteiger partial charge is 0.435 e. The highest BCUT2D eigenvalue weighted by molar-refractivity contribution is 5.60. The van der Waals surface area contributed by atoms with E-state index in [-0.39, 0.29) is 5.75 Å². The van der Waals surface area contributed by atoms with Crippen LogP contribution in [0.2, 0.25) is 0 Å². The minimum Gasteiger partial charge on any atom is -0.435 e. The summed E-state index contributed by atoms with van der Waals surface area (Å²) in [6.45, 7) is -2.81. The number of anilines is 1. The molecule has 1 aromatic carbocycles. The molecule has 0 spiro atoms. The number of nitrogens with one attached hydrogen (secondary N) is 1. The number of hydrogen-bond donors (Lipinski definition) is 1. The molecule has 0 aliphatic rings. The van der Waals surface area contributed by atoms with Gasteiger partial charge in [0.05, 0.1) is 5.69 Å². The standard InChI is InChI=1S/C12H11F2N3O/c1-15-12-16-7-6-10(17-12)8-2-4-9(5-3-8)18-11(13)14/h2-7,11H,1H3,(H,15,16,17). The molecule has 0 amide bonds. The van der Waals surface area contributed by atoms with Gasteiger partial charge in [0.15, 0.2) is 0 Å². The second kappa shape index (κ2) is 5.39. The van der Waals surface area contributed by atoms with Crippen LogP contribution in [0.25, 0.3) is 11.3 Å². The van der Waals surface area contributed by atoms with Crippen LogP contribution in [-0.2, 0) is 0 Å². The summed E-state index contributed by atoms with van der Waals surface area (Å²) in [6, 6.07) is 8.02. The second-order valence-corrected chi connectivity index (χ2v) is 3.42. The Morgan fingerprint density at radius 3 is 2.50 bits per heavy atom. The maximum Gasteiger partial charge on any atom is 0.387 e. The number of hydrogen-bond acceptors (Lipinski definition) is 4. The first-order chi connectivity index (χ1) is 8.69. The molecule has 0 fully saturated rings. The van der Waals surface area contributed by atoms with Gasteiger partial charge in [-0.1, -0.05) is 0 Å². The van der Waals surface area contributed by atoms with E-state index in [1.807, 2.05) is 0 Å². The van der Waals surface area contributed by atoms with Gasteiger partial charge in [0.25, 0.3) is 0 Å². The molecular formula is C12H11F2N3O. The van der Waals surface area contributed by atoms with E-state index in [2.05, 4.69) is 20.0 Å². The number of nitrogens with zero attached hydrogens (tertiary/aromatic N) is 2. The minimum absolute atomic E-state index is 0.122. The van der Waals surface area contributed by atoms with Crippen molar-refractivity contribution in [2.45, 2.75) is 6.61 Å². The Kier molecular flexibility index (Phi) is 3.66. The lowest BCUT2D eigenvalue weighted by Gasteiger charge is -2.06. The summed E-state index contributed by atoms with van der Waals surface area (Å²) in [7, 11) is 1.72. The Balaban J connectivity index is 2.22. The van der Waals surface area contributed by atoms with Gasteiger partial charge in [-0.05, 0) is 30.3 Å². The predicted octanol–water partition coefficient (Wildman–Crippen LogP) is 2.79. The zero-order valence-electron chi connectivity index (χ0n) is 9.60. The lowest BCUT2D eigenvalue weighted by atomic mass is 10.1. The highest BCUT2D eigenvalue weighted by Gasteiger charge is 2.05. The molecular weight excluding hydrogens is 240 g/mol. The van der Waals surface area contributed by atoms with E-state index in [4.69, 9.17) is 0 Å². The van der Waals surface area contributed by atoms with Crippen LogP contribution in [0.1, 0.15) is 0 Å². The van der Waals surface area contributed by atoms with Crippen LogP contribution < -0.4 is 10.1 Å². The summed E-state index contributed by atoms with van der Waals surface area (Å²) < 4.78 is 28.3. The highest BCUT2D eigenvalue weighted by Crippen LogP contribution is 2.22. The van der Waals surface area contributed by atoms with Crippen LogP contribution >= 0.6 is 0 Å². The normalized spacial score (nSPS) is 10.4. The topological polar surface area (TPSA) is 47.0 Å². The monoisotopic (exact) mass is 251 g/mol. The molecule has 1 N–H and O–H groups in total. The van der Waals surface area contributed by atoms with E-state index in [1.165, 1.54) is 12.1 Å². The summed E-state index contributed by atoms with van der Waals surface area (Å²) >= 11 is 0. The maximum atomic E-state index is 12.0. The SMILES string of the molecule is CNc1nccc(-c2ccc(OC(F)F)cc2)n1. The number of ether oxygens (including phenoxy) is 1. The smallest absolute Gasteiger partial charge is 0.387 e. The zero-order chi connectivity index (χ0) is 13.0. The molecule has 0 saturated heterocycles. The number of aromatic nitrogens is 2. The number of alkyl halides is 2. The lowest BCUT2D eigenvalue weighted by molar-refractivity contribution is -0.0498. The van der Waals surface area contributed by atoms with Crippen LogP contribution in [0.3, 0.4) is 0 Å². The third kappa shape index (κ3) is 2.91. The number of benzene rings is 1. The predicted molar refractivity (Wildman–Crippen MR) is 63.6 cm³/mol. The molecule has 0 saturated carbocycles. The quantitative estimate of drug-likeness (QED) is 0.907. The molecule has 1 heterocycles. The fourth-order valence-corrected chi connectivity index (χ4v) is 1.45. The van der Waals surface area contributed by atoms with Gasteiger partial charge in [0.2, 0.25) is 5.95 Å². The third-order valence-corrected chi connectivity index (χ3v) is 2.25. The summed E-state index contributed by atoms with van der Waals surface area (Å²) in [4.78, 5) is 8.24. The lowest BCUT2D eigenvalue weighted by Crippen LogP contribution is -2.01. The fraction of sp³-hybridized carbons (Fsp3) is 0.167. The summed E-state index contributed by atoms with van der Waals surface area (Å²) in [5.41, 5.74) is 1.51. The average molecular weight is 251 g/mol. The van der Waals surface area contributed by atoms with E-state index in [1.54, 1.807) is 31.4 Å². The van der Waals surface area contributed by atoms with E-state index >= 15 is 0 Å². The average Bonchev–Trinajstić information content (AvgIpc) is 2.39. The second-order valence-electron chi connectivity index (χ2n) is 3.42. The van der Waals surface area contributed by atoms with Crippen molar-refractivity contribution in [2.24, 2.45) is 0 Å². The molecule has 0 atom stereocenters. The molecule has 4 nitrogen and oxygen atoms in total. The van der Waals surface area contributed by atoms with Crippen molar-refractivity contribution in [1.29, 1.82) is 0 Å². The Morgan fingerprint density at radius 1 is 1.17 bits per heavy atom. The van der Waals surface area contributed by atoms with Crippen molar-refractivity contribution in [3.05, 3.63) is 36.5 Å². The van der Waals surface area contributed by atoms with Gasteiger partial charge in [0.1, 0.15) is 5.75 Å². The molecule has 2 rings (SSSR count). The Labute approximate surface area is 103 Å². The molecule has 6 heteroatoms. The first-order valence-corrected chi connectivity index (χ1v) is 5.25. The highest BCUT2D eigenvalue weighted by atomic mass is 19.3. The van der Waals surface area contributed by atoms with Gasteiger partial charge in [0, 0.05) is 18.8 Å². The van der Waals surface area contributed by atoms with Crippen molar-refractivity contribution in [3.63, 3.8) is 0 Å². The number of halogens is 2. The molecule has 0 aliphatic carbocycles. The number of rotatable bonds is 4. The Morgan fingerprint density at radius 2 is 1.89 bits per heavy atom. The molecule has 2 aromatic rings. The Hall–Kier alpha value is -2.24. The molecule has 18 heavy (non-hydrogen) atoms. The maximum absolute atomic E-state index is 12.0. The summed E-state index contributed by atoms with van der Waals surface area (Å²) in [5.74, 6) is 0.622. The van der Waals surface area contributed by atoms with Crippen molar-refractivity contribution in [1.82, 2.24) is 9.97 Å². The third-order valence-electron chi connectivity index (χ3n) is 2.25. The minimum atomic E-state index is -2.81. The molecule has 1 aromatic heterocycles. The van der Waals surface area contributed by atoms with Crippen molar-refractivity contribution in [2.75, 3.05) is 12.4 Å². The van der Waals surface area contributed by atoms with Crippen molar-refractivity contribution >= 4 is 5.95 Å². The van der Waals surface area contributed by atoms with E-state index < -0.39 is 6.61 Å². The summed E-state index contributed by atoms with van der Waals surface area (Å²) in [5, 5.41) is 2.83. The van der Waals surface area contributed by atoms with Crippen LogP contribution in [0.4, 0.5) is 14.7 Å². The van der Waals surface area contributed by atoms with Gasteiger partial charge in [-0.25, -0.2) is 9.97 Å². The molecule has 94 valence electrons. The van der Waals surface area contributed by atoms with E-state index in [0.29, 0.717) is 11.6 Å². The van der Waals surface area contributed by atoms with Crippen LogP contribution in [0.5, 0.6) is 5.75 Å². The molecule has 0 bridgehead atoms. The van der Waals surface area contributed by atoms with Gasteiger partial charge in [-0.3, -0.25) is 0 Å². The van der Waals surface area contributed by atoms with Crippen molar-refractivity contribution < 1.29 is 13.5 Å². The first-order valence-electron chi connectivity index (χ1n) is 5.25. The molecule has 0 unspecified atom stereocenters. The molecule has 0 radical (unpaired) electrons. The van der Waals surface area contributed by atoms with Gasteiger partial charge in [-0.15, -0.1) is 0 Å². The van der Waals surface area contributed by atoms with Gasteiger partial charge < -0.3 is 10.1 Å².